The van der Waals surface area contributed by atoms with Gasteiger partial charge in [0.2, 0.25) is 0 Å². The molecule has 0 spiro atoms. The predicted molar refractivity (Wildman–Crippen MR) is 126 cm³/mol. The molecule has 1 fully saturated rings. The van der Waals surface area contributed by atoms with Crippen molar-refractivity contribution in [2.45, 2.75) is 48.4 Å². The van der Waals surface area contributed by atoms with Crippen LogP contribution >= 0.6 is 35.7 Å². The molecule has 0 aromatic heterocycles. The summed E-state index contributed by atoms with van der Waals surface area (Å²) >= 11 is 8.35. The summed E-state index contributed by atoms with van der Waals surface area (Å²) in [6.07, 6.45) is 3.92. The van der Waals surface area contributed by atoms with Gasteiger partial charge in [0, 0.05) is 18.0 Å². The van der Waals surface area contributed by atoms with Crippen LogP contribution in [-0.4, -0.2) is 28.2 Å². The Morgan fingerprint density at radius 2 is 1.58 bits per heavy atom. The smallest absolute Gasteiger partial charge is 0.266 e. The molecule has 0 atom stereocenters. The van der Waals surface area contributed by atoms with Gasteiger partial charge in [0.05, 0.1) is 15.6 Å². The summed E-state index contributed by atoms with van der Waals surface area (Å²) in [7, 11) is 0. The topological polar surface area (TPSA) is 23.6 Å². The van der Waals surface area contributed by atoms with Gasteiger partial charge in [-0.15, -0.1) is 0 Å². The predicted octanol–water partition coefficient (Wildman–Crippen LogP) is 6.77. The van der Waals surface area contributed by atoms with Crippen LogP contribution in [0.5, 0.6) is 0 Å². The molecule has 0 unspecified atom stereocenters. The maximum absolute atomic E-state index is 12.2. The van der Waals surface area contributed by atoms with Gasteiger partial charge >= 0.3 is 0 Å². The van der Waals surface area contributed by atoms with Crippen LogP contribution in [-0.2, 0) is 4.79 Å². The van der Waals surface area contributed by atoms with Crippen LogP contribution in [0, 0.1) is 0 Å². The Morgan fingerprint density at radius 3 is 2.15 bits per heavy atom. The number of likely N-dealkylation sites (N-methyl/N-ethyl adjacent to an activating group) is 1. The molecule has 3 nitrogen and oxygen atoms in total. The van der Waals surface area contributed by atoms with Crippen molar-refractivity contribution in [3.63, 3.8) is 0 Å². The first kappa shape index (κ1) is 27.0. The van der Waals surface area contributed by atoms with Gasteiger partial charge in [-0.05, 0) is 38.1 Å². The van der Waals surface area contributed by atoms with E-state index in [1.807, 2.05) is 19.1 Å². The fraction of sp³-hybridized carbons (Fsp3) is 0.400. The maximum atomic E-state index is 12.2. The van der Waals surface area contributed by atoms with E-state index in [-0.39, 0.29) is 35.6 Å². The molecule has 2 aliphatic rings. The van der Waals surface area contributed by atoms with Crippen molar-refractivity contribution in [1.29, 1.82) is 0 Å². The van der Waals surface area contributed by atoms with Crippen LogP contribution in [0.2, 0.25) is 0 Å². The summed E-state index contributed by atoms with van der Waals surface area (Å²) in [5, 5.41) is 1.14. The van der Waals surface area contributed by atoms with Crippen molar-refractivity contribution in [2.75, 3.05) is 18.0 Å². The second-order valence-corrected chi connectivity index (χ2v) is 7.51. The lowest BCUT2D eigenvalue weighted by atomic mass is 10.3. The number of thiocarbonyl (C=S) groups is 1. The Hall–Kier alpha value is -1.24. The Kier molecular flexibility index (Phi) is 11.9. The molecule has 3 rings (SSSR count). The fourth-order valence-corrected chi connectivity index (χ4v) is 4.89. The third kappa shape index (κ3) is 4.93. The molecule has 0 bridgehead atoms. The number of carbonyl (C=O) groups excluding carboxylic acids is 1. The number of carbonyl (C=O) groups is 1. The second kappa shape index (κ2) is 11.5. The van der Waals surface area contributed by atoms with Gasteiger partial charge in [0.25, 0.3) is 5.91 Å². The monoisotopic (exact) mass is 412 g/mol. The lowest BCUT2D eigenvalue weighted by Gasteiger charge is -2.17. The number of para-hydroxylation sites is 1. The molecule has 0 radical (unpaired) electrons. The van der Waals surface area contributed by atoms with E-state index in [0.717, 1.165) is 11.6 Å². The molecule has 6 heteroatoms. The molecular weight excluding hydrogens is 380 g/mol. The largest absolute Gasteiger partial charge is 0.335 e. The minimum absolute atomic E-state index is 0. The molecule has 2 aliphatic heterocycles. The molecule has 1 aromatic carbocycles. The van der Waals surface area contributed by atoms with Crippen molar-refractivity contribution in [3.05, 3.63) is 46.4 Å². The number of fused-ring (bicyclic) bond motifs is 1. The first-order valence-electron chi connectivity index (χ1n) is 7.15. The van der Waals surface area contributed by atoms with Crippen molar-refractivity contribution in [3.8, 4) is 0 Å². The van der Waals surface area contributed by atoms with Crippen LogP contribution in [0.4, 0.5) is 5.69 Å². The van der Waals surface area contributed by atoms with Crippen molar-refractivity contribution >= 4 is 51.7 Å². The number of hydrogen-bond donors (Lipinski definition) is 0. The molecular formula is C20H32N2OS3. The summed E-state index contributed by atoms with van der Waals surface area (Å²) in [5.41, 5.74) is 1.23. The van der Waals surface area contributed by atoms with Gasteiger partial charge in [-0.25, -0.2) is 0 Å². The first-order chi connectivity index (χ1) is 10.7. The lowest BCUT2D eigenvalue weighted by molar-refractivity contribution is -0.122. The molecule has 0 N–H and O–H groups in total. The molecule has 1 aromatic rings. The molecule has 0 saturated carbocycles. The van der Waals surface area contributed by atoms with E-state index in [4.69, 9.17) is 12.2 Å². The number of thioether (sulfide) groups is 2. The molecule has 2 heterocycles. The summed E-state index contributed by atoms with van der Waals surface area (Å²) in [6, 6.07) is 8.36. The second-order valence-electron chi connectivity index (χ2n) is 4.77. The Morgan fingerprint density at radius 1 is 0.962 bits per heavy atom. The third-order valence-corrected chi connectivity index (χ3v) is 6.05. The van der Waals surface area contributed by atoms with Crippen molar-refractivity contribution in [2.24, 2.45) is 0 Å². The number of allylic oxidation sites excluding steroid dienone is 2. The first-order valence-corrected chi connectivity index (χ1v) is 9.20. The van der Waals surface area contributed by atoms with Crippen molar-refractivity contribution in [1.82, 2.24) is 4.90 Å². The zero-order valence-corrected chi connectivity index (χ0v) is 14.9. The molecule has 146 valence electrons. The normalized spacial score (nSPS) is 18.1. The number of amides is 1. The van der Waals surface area contributed by atoms with E-state index in [0.29, 0.717) is 15.8 Å². The summed E-state index contributed by atoms with van der Waals surface area (Å²) in [4.78, 5) is 18.1. The number of benzene rings is 1. The van der Waals surface area contributed by atoms with Gasteiger partial charge in [0.1, 0.15) is 4.32 Å². The Balaban J connectivity index is 0. The van der Waals surface area contributed by atoms with E-state index < -0.39 is 0 Å². The molecule has 1 amide bonds. The average molecular weight is 413 g/mol. The zero-order valence-electron chi connectivity index (χ0n) is 12.4. The lowest BCUT2D eigenvalue weighted by Crippen LogP contribution is -2.27. The van der Waals surface area contributed by atoms with Gasteiger partial charge in [0.15, 0.2) is 0 Å². The summed E-state index contributed by atoms with van der Waals surface area (Å²) in [5.74, 6) is 0.0120. The van der Waals surface area contributed by atoms with E-state index in [1.54, 1.807) is 16.7 Å². The standard InChI is InChI=1S/C16H16N2OS3.4CH4/c1-3-17-11-7-5-6-8-12(11)21-14(17)10-9-13-15(19)18(4-2)16(20)22-13;;;;/h5-10H,3-4H2,1-2H3;4*1H4. The molecule has 26 heavy (non-hydrogen) atoms. The molecule has 1 saturated heterocycles. The van der Waals surface area contributed by atoms with Gasteiger partial charge in [-0.2, -0.15) is 0 Å². The Labute approximate surface area is 173 Å². The quantitative estimate of drug-likeness (QED) is 0.403. The minimum atomic E-state index is 0. The van der Waals surface area contributed by atoms with Crippen LogP contribution < -0.4 is 4.90 Å². The fourth-order valence-electron chi connectivity index (χ4n) is 2.44. The van der Waals surface area contributed by atoms with E-state index in [1.165, 1.54) is 22.3 Å². The number of nitrogens with zero attached hydrogens (tertiary/aromatic N) is 2. The highest BCUT2D eigenvalue weighted by Crippen LogP contribution is 2.45. The maximum Gasteiger partial charge on any atom is 0.266 e. The highest BCUT2D eigenvalue weighted by Gasteiger charge is 2.30. The number of hydrogen-bond acceptors (Lipinski definition) is 5. The summed E-state index contributed by atoms with van der Waals surface area (Å²) in [6.45, 7) is 5.60. The third-order valence-electron chi connectivity index (χ3n) is 3.52. The molecule has 0 aliphatic carbocycles. The van der Waals surface area contributed by atoms with E-state index in [9.17, 15) is 4.79 Å². The van der Waals surface area contributed by atoms with Gasteiger partial charge in [-0.3, -0.25) is 9.69 Å². The number of anilines is 1. The van der Waals surface area contributed by atoms with Crippen LogP contribution in [0.25, 0.3) is 0 Å². The number of rotatable bonds is 3. The minimum Gasteiger partial charge on any atom is -0.335 e. The van der Waals surface area contributed by atoms with Gasteiger partial charge < -0.3 is 4.90 Å². The SMILES string of the molecule is C.C.C.C.CCN1C(=O)C(=CC=C2Sc3ccccc3N2CC)SC1=S. The van der Waals surface area contributed by atoms with Crippen molar-refractivity contribution < 1.29 is 4.79 Å². The van der Waals surface area contributed by atoms with E-state index in [2.05, 4.69) is 36.1 Å². The zero-order chi connectivity index (χ0) is 15.7. The van der Waals surface area contributed by atoms with Crippen LogP contribution in [0.1, 0.15) is 43.6 Å². The van der Waals surface area contributed by atoms with Crippen LogP contribution in [0.15, 0.2) is 51.2 Å². The highest BCUT2D eigenvalue weighted by atomic mass is 32.2. The summed E-state index contributed by atoms with van der Waals surface area (Å²) < 4.78 is 0.645. The Bertz CT molecular complexity index is 698. The van der Waals surface area contributed by atoms with E-state index >= 15 is 0 Å². The average Bonchev–Trinajstić information content (AvgIpc) is 3.01. The van der Waals surface area contributed by atoms with Gasteiger partial charge in [-0.1, -0.05) is 77.6 Å². The van der Waals surface area contributed by atoms with Crippen LogP contribution in [0.3, 0.4) is 0 Å². The highest BCUT2D eigenvalue weighted by molar-refractivity contribution is 8.26.